The average molecular weight is 557 g/mol. The van der Waals surface area contributed by atoms with Crippen LogP contribution in [0.5, 0.6) is 0 Å². The van der Waals surface area contributed by atoms with Gasteiger partial charge >= 0.3 is 0 Å². The third-order valence-electron chi connectivity index (χ3n) is 9.87. The number of benzene rings is 1. The Labute approximate surface area is 239 Å². The van der Waals surface area contributed by atoms with Crippen LogP contribution >= 0.6 is 0 Å². The van der Waals surface area contributed by atoms with Crippen LogP contribution in [-0.2, 0) is 16.1 Å². The first-order valence-electron chi connectivity index (χ1n) is 14.9. The van der Waals surface area contributed by atoms with Crippen molar-refractivity contribution in [2.24, 2.45) is 11.3 Å². The molecular formula is C31H36N6O4. The Morgan fingerprint density at radius 2 is 1.85 bits per heavy atom. The molecule has 2 aliphatic carbocycles. The number of piperidine rings is 2. The predicted molar refractivity (Wildman–Crippen MR) is 151 cm³/mol. The highest BCUT2D eigenvalue weighted by atomic mass is 16.2. The zero-order valence-corrected chi connectivity index (χ0v) is 23.2. The van der Waals surface area contributed by atoms with Gasteiger partial charge in [-0.3, -0.25) is 28.8 Å². The summed E-state index contributed by atoms with van der Waals surface area (Å²) in [4.78, 5) is 55.6. The molecule has 10 nitrogen and oxygen atoms in total. The fraction of sp³-hybridized carbons (Fsp3) is 0.516. The number of aromatic nitrogens is 2. The van der Waals surface area contributed by atoms with E-state index in [2.05, 4.69) is 27.2 Å². The zero-order valence-electron chi connectivity index (χ0n) is 23.2. The number of nitrogens with one attached hydrogen (secondary N) is 2. The lowest BCUT2D eigenvalue weighted by atomic mass is 9.64. The first-order chi connectivity index (χ1) is 19.9. The Morgan fingerprint density at radius 3 is 2.54 bits per heavy atom. The fourth-order valence-corrected chi connectivity index (χ4v) is 7.25. The second kappa shape index (κ2) is 9.85. The van der Waals surface area contributed by atoms with Gasteiger partial charge in [0.15, 0.2) is 0 Å². The maximum absolute atomic E-state index is 13.4. The van der Waals surface area contributed by atoms with Crippen molar-refractivity contribution in [3.8, 4) is 0 Å². The zero-order chi connectivity index (χ0) is 28.3. The van der Waals surface area contributed by atoms with Gasteiger partial charge < -0.3 is 15.5 Å². The van der Waals surface area contributed by atoms with Crippen molar-refractivity contribution >= 4 is 29.3 Å². The molecule has 5 aliphatic rings. The molecular weight excluding hydrogens is 520 g/mol. The quantitative estimate of drug-likeness (QED) is 0.503. The molecule has 41 heavy (non-hydrogen) atoms. The van der Waals surface area contributed by atoms with E-state index in [1.165, 1.54) is 19.3 Å². The molecule has 0 spiro atoms. The smallest absolute Gasteiger partial charge is 0.264 e. The van der Waals surface area contributed by atoms with Gasteiger partial charge in [-0.05, 0) is 69.4 Å². The monoisotopic (exact) mass is 556 g/mol. The van der Waals surface area contributed by atoms with Crippen molar-refractivity contribution in [1.29, 1.82) is 0 Å². The van der Waals surface area contributed by atoms with E-state index in [1.54, 1.807) is 18.2 Å². The topological polar surface area (TPSA) is 117 Å². The van der Waals surface area contributed by atoms with E-state index in [4.69, 9.17) is 0 Å². The Hall–Kier alpha value is -3.95. The highest BCUT2D eigenvalue weighted by Gasteiger charge is 2.55. The number of amides is 4. The van der Waals surface area contributed by atoms with Crippen LogP contribution in [0, 0.1) is 11.3 Å². The van der Waals surface area contributed by atoms with E-state index >= 15 is 0 Å². The molecule has 1 unspecified atom stereocenters. The molecule has 214 valence electrons. The van der Waals surface area contributed by atoms with Crippen LogP contribution < -0.4 is 10.6 Å². The van der Waals surface area contributed by atoms with Crippen LogP contribution in [0.2, 0.25) is 0 Å². The van der Waals surface area contributed by atoms with Crippen LogP contribution in [-0.4, -0.2) is 62.3 Å². The largest absolute Gasteiger partial charge is 0.380 e. The lowest BCUT2D eigenvalue weighted by Gasteiger charge is -2.45. The molecule has 4 amide bonds. The van der Waals surface area contributed by atoms with Crippen LogP contribution in [0.4, 0.5) is 5.69 Å². The molecule has 1 atom stereocenters. The Kier molecular flexibility index (Phi) is 6.24. The van der Waals surface area contributed by atoms with Gasteiger partial charge in [0, 0.05) is 42.8 Å². The molecule has 10 heteroatoms. The van der Waals surface area contributed by atoms with Gasteiger partial charge in [0.2, 0.25) is 11.8 Å². The van der Waals surface area contributed by atoms with Crippen molar-refractivity contribution in [1.82, 2.24) is 24.9 Å². The van der Waals surface area contributed by atoms with Gasteiger partial charge in [-0.25, -0.2) is 0 Å². The lowest BCUT2D eigenvalue weighted by Crippen LogP contribution is -2.51. The van der Waals surface area contributed by atoms with E-state index < -0.39 is 17.9 Å². The summed E-state index contributed by atoms with van der Waals surface area (Å²) in [5, 5.41) is 10.6. The summed E-state index contributed by atoms with van der Waals surface area (Å²) >= 11 is 0. The van der Waals surface area contributed by atoms with Crippen molar-refractivity contribution in [2.75, 3.05) is 18.4 Å². The van der Waals surface area contributed by atoms with Gasteiger partial charge in [0.05, 0.1) is 28.8 Å². The normalized spacial score (nSPS) is 24.2. The summed E-state index contributed by atoms with van der Waals surface area (Å²) in [6.07, 6.45) is 12.3. The molecule has 1 aromatic heterocycles. The highest BCUT2D eigenvalue weighted by molar-refractivity contribution is 6.25. The Morgan fingerprint density at radius 1 is 1.07 bits per heavy atom. The van der Waals surface area contributed by atoms with Crippen LogP contribution in [0.3, 0.4) is 0 Å². The number of fused-ring (bicyclic) bond motifs is 1. The predicted octanol–water partition coefficient (Wildman–Crippen LogP) is 3.63. The third kappa shape index (κ3) is 4.35. The summed E-state index contributed by atoms with van der Waals surface area (Å²) in [7, 11) is 0. The summed E-state index contributed by atoms with van der Waals surface area (Å²) in [6, 6.07) is 4.57. The van der Waals surface area contributed by atoms with Gasteiger partial charge in [0.25, 0.3) is 11.8 Å². The van der Waals surface area contributed by atoms with E-state index in [-0.39, 0.29) is 17.4 Å². The van der Waals surface area contributed by atoms with Crippen LogP contribution in [0.15, 0.2) is 42.9 Å². The van der Waals surface area contributed by atoms with E-state index in [0.717, 1.165) is 49.2 Å². The van der Waals surface area contributed by atoms with E-state index in [1.807, 2.05) is 17.1 Å². The van der Waals surface area contributed by atoms with Crippen molar-refractivity contribution in [3.05, 3.63) is 59.6 Å². The summed E-state index contributed by atoms with van der Waals surface area (Å²) in [5.74, 6) is -0.260. The van der Waals surface area contributed by atoms with Crippen molar-refractivity contribution in [3.63, 3.8) is 0 Å². The summed E-state index contributed by atoms with van der Waals surface area (Å²) in [6.45, 7) is 5.77. The summed E-state index contributed by atoms with van der Waals surface area (Å²) in [5.41, 5.74) is 2.68. The van der Waals surface area contributed by atoms with Gasteiger partial charge in [-0.15, -0.1) is 0 Å². The fourth-order valence-electron chi connectivity index (χ4n) is 7.25. The minimum Gasteiger partial charge on any atom is -0.380 e. The number of allylic oxidation sites excluding steroid dienone is 1. The molecule has 3 aliphatic heterocycles. The molecule has 7 rings (SSSR count). The van der Waals surface area contributed by atoms with Gasteiger partial charge in [0.1, 0.15) is 6.04 Å². The number of carbonyl (C=O) groups excluding carboxylic acids is 4. The first-order valence-corrected chi connectivity index (χ1v) is 14.9. The number of rotatable bonds is 7. The molecule has 1 aromatic carbocycles. The van der Waals surface area contributed by atoms with E-state index in [0.29, 0.717) is 53.7 Å². The number of hydrogen-bond acceptors (Lipinski definition) is 6. The first kappa shape index (κ1) is 26.0. The lowest BCUT2D eigenvalue weighted by molar-refractivity contribution is -0.151. The van der Waals surface area contributed by atoms with Crippen LogP contribution in [0.25, 0.3) is 0 Å². The molecule has 2 N–H and O–H groups in total. The molecule has 0 bridgehead atoms. The minimum atomic E-state index is -0.839. The Bertz CT molecular complexity index is 1450. The number of imide groups is 1. The van der Waals surface area contributed by atoms with Crippen LogP contribution in [0.1, 0.15) is 90.1 Å². The second-order valence-corrected chi connectivity index (χ2v) is 12.3. The third-order valence-corrected chi connectivity index (χ3v) is 9.87. The maximum Gasteiger partial charge on any atom is 0.264 e. The standard InChI is InChI=1S/C31H36N6O4/c1-19-6-9-25(27(38)34-19)37-28(39)23-4-2-5-24(26(23)29(37)40)32-16-20-17-33-36(18-20)22-10-14-35(15-11-22)30(41)31(12-3-13-31)21-7-8-21/h2,4-5,17-18,21-22,25,32H,1,3,6-16H2,(H,34,38). The molecule has 4 heterocycles. The highest BCUT2D eigenvalue weighted by Crippen LogP contribution is 2.58. The number of nitrogens with zero attached hydrogens (tertiary/aromatic N) is 4. The van der Waals surface area contributed by atoms with Crippen molar-refractivity contribution in [2.45, 2.75) is 76.4 Å². The number of hydrogen-bond donors (Lipinski definition) is 2. The maximum atomic E-state index is 13.4. The molecule has 4 fully saturated rings. The number of anilines is 1. The summed E-state index contributed by atoms with van der Waals surface area (Å²) < 4.78 is 2.00. The Balaban J connectivity index is 0.983. The molecule has 2 saturated carbocycles. The molecule has 2 saturated heterocycles. The minimum absolute atomic E-state index is 0.0457. The number of carbonyl (C=O) groups is 4. The molecule has 2 aromatic rings. The van der Waals surface area contributed by atoms with Gasteiger partial charge in [-0.1, -0.05) is 19.1 Å². The van der Waals surface area contributed by atoms with Gasteiger partial charge in [-0.2, -0.15) is 5.10 Å². The second-order valence-electron chi connectivity index (χ2n) is 12.3. The SMILES string of the molecule is C=C1CCC(N2C(=O)c3cccc(NCc4cnn(C5CCN(C(=O)C6(C7CC7)CCC6)CC5)c4)c3C2=O)C(=O)N1. The average Bonchev–Trinajstić information content (AvgIpc) is 3.62. The van der Waals surface area contributed by atoms with E-state index in [9.17, 15) is 19.2 Å². The molecule has 0 radical (unpaired) electrons. The van der Waals surface area contributed by atoms with Crippen molar-refractivity contribution < 1.29 is 19.2 Å². The number of likely N-dealkylation sites (tertiary alicyclic amines) is 1.